The molecule has 1 atom stereocenters. The molecule has 2 N–H and O–H groups in total. The molecule has 1 unspecified atom stereocenters. The Labute approximate surface area is 246 Å². The normalized spacial score (nSPS) is 14.9. The van der Waals surface area contributed by atoms with Crippen molar-refractivity contribution < 1.29 is 14.0 Å². The van der Waals surface area contributed by atoms with Crippen LogP contribution in [0.5, 0.6) is 0 Å². The lowest BCUT2D eigenvalue weighted by atomic mass is 9.99. The van der Waals surface area contributed by atoms with Crippen LogP contribution >= 0.6 is 11.6 Å². The molecule has 1 saturated heterocycles. The number of aromatic nitrogens is 2. The predicted molar refractivity (Wildman–Crippen MR) is 161 cm³/mol. The van der Waals surface area contributed by atoms with Gasteiger partial charge in [-0.15, -0.1) is 0 Å². The summed E-state index contributed by atoms with van der Waals surface area (Å²) in [5.41, 5.74) is 4.12. The first-order valence-electron chi connectivity index (χ1n) is 14.0. The fourth-order valence-electron chi connectivity index (χ4n) is 5.44. The molecule has 1 aliphatic rings. The van der Waals surface area contributed by atoms with Crippen molar-refractivity contribution in [2.75, 3.05) is 29.9 Å². The van der Waals surface area contributed by atoms with Crippen molar-refractivity contribution in [3.05, 3.63) is 82.1 Å². The van der Waals surface area contributed by atoms with Crippen molar-refractivity contribution in [3.63, 3.8) is 0 Å². The molecule has 1 aromatic heterocycles. The summed E-state index contributed by atoms with van der Waals surface area (Å²) in [5.74, 6) is -0.550. The number of benzene rings is 2. The van der Waals surface area contributed by atoms with Crippen molar-refractivity contribution >= 4 is 34.8 Å². The number of nitrogens with one attached hydrogen (secondary N) is 2. The maximum absolute atomic E-state index is 14.7. The molecular formula is C31H38ClFN6O2. The highest BCUT2D eigenvalue weighted by molar-refractivity contribution is 6.30. The molecule has 2 aromatic carbocycles. The Morgan fingerprint density at radius 2 is 1.76 bits per heavy atom. The van der Waals surface area contributed by atoms with E-state index in [1.54, 1.807) is 12.1 Å². The fraction of sp³-hybridized carbons (Fsp3) is 0.419. The van der Waals surface area contributed by atoms with Crippen LogP contribution < -0.4 is 15.5 Å². The summed E-state index contributed by atoms with van der Waals surface area (Å²) in [7, 11) is 0. The van der Waals surface area contributed by atoms with Gasteiger partial charge in [-0.1, -0.05) is 11.6 Å². The molecule has 1 fully saturated rings. The van der Waals surface area contributed by atoms with Crippen molar-refractivity contribution in [1.29, 1.82) is 0 Å². The molecule has 1 aliphatic heterocycles. The topological polar surface area (TPSA) is 90.5 Å². The number of carbonyl (C=O) groups is 2. The summed E-state index contributed by atoms with van der Waals surface area (Å²) in [4.78, 5) is 37.1. The molecule has 0 bridgehead atoms. The third-order valence-electron chi connectivity index (χ3n) is 7.73. The Hall–Kier alpha value is -3.56. The van der Waals surface area contributed by atoms with E-state index < -0.39 is 0 Å². The fourth-order valence-corrected chi connectivity index (χ4v) is 5.64. The smallest absolute Gasteiger partial charge is 0.254 e. The standard InChI is InChI=1S/C31H38ClFN6O2/c1-20(11-14-34-31(41)30-21(2)35-19-36-22(30)3)38-15-12-28(13-16-38)39(18-24-17-25(32)5-10-29(24)33)27-8-6-26(7-9-27)37-23(4)40/h5-10,17,19-20,28H,11-16,18H2,1-4H3,(H,34,41)(H,37,40). The molecular weight excluding hydrogens is 543 g/mol. The third kappa shape index (κ3) is 8.01. The molecule has 0 saturated carbocycles. The van der Waals surface area contributed by atoms with Crippen LogP contribution in [0.25, 0.3) is 0 Å². The van der Waals surface area contributed by atoms with Crippen molar-refractivity contribution in [3.8, 4) is 0 Å². The van der Waals surface area contributed by atoms with E-state index in [1.807, 2.05) is 38.1 Å². The van der Waals surface area contributed by atoms with Gasteiger partial charge in [0.25, 0.3) is 5.91 Å². The van der Waals surface area contributed by atoms with Crippen LogP contribution in [0.15, 0.2) is 48.8 Å². The molecule has 8 nitrogen and oxygen atoms in total. The van der Waals surface area contributed by atoms with E-state index in [9.17, 15) is 14.0 Å². The number of anilines is 2. The maximum Gasteiger partial charge on any atom is 0.254 e. The van der Waals surface area contributed by atoms with Gasteiger partial charge in [-0.25, -0.2) is 14.4 Å². The van der Waals surface area contributed by atoms with Crippen molar-refractivity contribution in [2.45, 2.75) is 65.6 Å². The van der Waals surface area contributed by atoms with E-state index in [4.69, 9.17) is 11.6 Å². The second kappa shape index (κ2) is 13.9. The molecule has 41 heavy (non-hydrogen) atoms. The second-order valence-corrected chi connectivity index (χ2v) is 11.1. The highest BCUT2D eigenvalue weighted by Crippen LogP contribution is 2.29. The number of halogens is 2. The summed E-state index contributed by atoms with van der Waals surface area (Å²) in [6.07, 6.45) is 4.11. The zero-order valence-electron chi connectivity index (χ0n) is 24.1. The summed E-state index contributed by atoms with van der Waals surface area (Å²) in [5, 5.41) is 6.33. The van der Waals surface area contributed by atoms with E-state index in [-0.39, 0.29) is 23.7 Å². The van der Waals surface area contributed by atoms with E-state index >= 15 is 0 Å². The maximum atomic E-state index is 14.7. The van der Waals surface area contributed by atoms with Gasteiger partial charge in [-0.2, -0.15) is 0 Å². The summed E-state index contributed by atoms with van der Waals surface area (Å²) >= 11 is 6.20. The Kier molecular flexibility index (Phi) is 10.3. The number of amides is 2. The molecule has 218 valence electrons. The number of aryl methyl sites for hydroxylation is 2. The van der Waals surface area contributed by atoms with Crippen LogP contribution in [0.2, 0.25) is 5.02 Å². The zero-order valence-corrected chi connectivity index (χ0v) is 24.8. The van der Waals surface area contributed by atoms with Gasteiger partial charge in [0.2, 0.25) is 5.91 Å². The van der Waals surface area contributed by atoms with Crippen LogP contribution in [-0.2, 0) is 11.3 Å². The first-order chi connectivity index (χ1) is 19.6. The van der Waals surface area contributed by atoms with E-state index in [2.05, 4.69) is 37.3 Å². The number of hydrogen-bond donors (Lipinski definition) is 2. The van der Waals surface area contributed by atoms with E-state index in [0.29, 0.717) is 46.7 Å². The molecule has 2 amide bonds. The molecule has 0 aliphatic carbocycles. The lowest BCUT2D eigenvalue weighted by Crippen LogP contribution is -2.48. The molecule has 2 heterocycles. The van der Waals surface area contributed by atoms with Gasteiger partial charge in [0, 0.05) is 67.1 Å². The Balaban J connectivity index is 1.38. The monoisotopic (exact) mass is 580 g/mol. The highest BCUT2D eigenvalue weighted by atomic mass is 35.5. The average Bonchev–Trinajstić information content (AvgIpc) is 2.94. The van der Waals surface area contributed by atoms with Crippen molar-refractivity contribution in [1.82, 2.24) is 20.2 Å². The van der Waals surface area contributed by atoms with Crippen LogP contribution in [-0.4, -0.2) is 58.4 Å². The molecule has 0 radical (unpaired) electrons. The number of carbonyl (C=O) groups excluding carboxylic acids is 2. The molecule has 3 aromatic rings. The van der Waals surface area contributed by atoms with E-state index in [1.165, 1.54) is 19.3 Å². The summed E-state index contributed by atoms with van der Waals surface area (Å²) < 4.78 is 14.7. The minimum absolute atomic E-state index is 0.129. The third-order valence-corrected chi connectivity index (χ3v) is 7.97. The molecule has 10 heteroatoms. The lowest BCUT2D eigenvalue weighted by Gasteiger charge is -2.42. The highest BCUT2D eigenvalue weighted by Gasteiger charge is 2.28. The van der Waals surface area contributed by atoms with E-state index in [0.717, 1.165) is 43.7 Å². The van der Waals surface area contributed by atoms with Gasteiger partial charge in [0.05, 0.1) is 17.0 Å². The number of rotatable bonds is 10. The quantitative estimate of drug-likeness (QED) is 0.328. The van der Waals surface area contributed by atoms with Gasteiger partial charge in [-0.05, 0) is 82.5 Å². The van der Waals surface area contributed by atoms with Gasteiger partial charge >= 0.3 is 0 Å². The Bertz CT molecular complexity index is 1340. The summed E-state index contributed by atoms with van der Waals surface area (Å²) in [6, 6.07) is 12.8. The largest absolute Gasteiger partial charge is 0.364 e. The number of likely N-dealkylation sites (tertiary alicyclic amines) is 1. The second-order valence-electron chi connectivity index (χ2n) is 10.7. The average molecular weight is 581 g/mol. The first-order valence-corrected chi connectivity index (χ1v) is 14.4. The Morgan fingerprint density at radius 3 is 2.39 bits per heavy atom. The predicted octanol–water partition coefficient (Wildman–Crippen LogP) is 5.52. The van der Waals surface area contributed by atoms with Crippen LogP contribution in [0.4, 0.5) is 15.8 Å². The number of piperidine rings is 1. The Morgan fingerprint density at radius 1 is 1.10 bits per heavy atom. The van der Waals surface area contributed by atoms with Gasteiger partial charge in [-0.3, -0.25) is 9.59 Å². The zero-order chi connectivity index (χ0) is 29.5. The van der Waals surface area contributed by atoms with Crippen LogP contribution in [0.3, 0.4) is 0 Å². The summed E-state index contributed by atoms with van der Waals surface area (Å²) in [6.45, 7) is 10.0. The first kappa shape index (κ1) is 30.4. The van der Waals surface area contributed by atoms with Gasteiger partial charge in [0.15, 0.2) is 0 Å². The number of hydrogen-bond acceptors (Lipinski definition) is 6. The molecule has 4 rings (SSSR count). The lowest BCUT2D eigenvalue weighted by molar-refractivity contribution is -0.114. The van der Waals surface area contributed by atoms with Crippen LogP contribution in [0, 0.1) is 19.7 Å². The van der Waals surface area contributed by atoms with Crippen LogP contribution in [0.1, 0.15) is 60.4 Å². The molecule has 0 spiro atoms. The minimum atomic E-state index is -0.283. The van der Waals surface area contributed by atoms with Gasteiger partial charge < -0.3 is 20.4 Å². The SMILES string of the molecule is CC(=O)Nc1ccc(N(Cc2cc(Cl)ccc2F)C2CCN(C(C)CCNC(=O)c3c(C)ncnc3C)CC2)cc1. The minimum Gasteiger partial charge on any atom is -0.364 e. The number of nitrogens with zero attached hydrogens (tertiary/aromatic N) is 4. The van der Waals surface area contributed by atoms with Crippen molar-refractivity contribution in [2.24, 2.45) is 0 Å². The van der Waals surface area contributed by atoms with Gasteiger partial charge in [0.1, 0.15) is 12.1 Å².